The number of aromatic nitrogens is 2. The summed E-state index contributed by atoms with van der Waals surface area (Å²) >= 11 is 0. The second-order valence-corrected chi connectivity index (χ2v) is 5.87. The predicted octanol–water partition coefficient (Wildman–Crippen LogP) is 1.92. The number of rotatable bonds is 6. The average Bonchev–Trinajstić information content (AvgIpc) is 2.88. The molecule has 2 saturated carbocycles. The zero-order chi connectivity index (χ0) is 13.4. The normalized spacial score (nSPS) is 30.6. The third-order valence-electron chi connectivity index (χ3n) is 4.83. The minimum atomic E-state index is -0.143. The molecular formula is C14H24N4O. The van der Waals surface area contributed by atoms with E-state index in [0.717, 1.165) is 37.4 Å². The molecule has 0 spiro atoms. The van der Waals surface area contributed by atoms with E-state index in [1.807, 2.05) is 0 Å². The summed E-state index contributed by atoms with van der Waals surface area (Å²) in [6, 6.07) is -0.143. The molecule has 0 radical (unpaired) electrons. The fraction of sp³-hybridized carbons (Fsp3) is 0.857. The van der Waals surface area contributed by atoms with Gasteiger partial charge in [0.1, 0.15) is 0 Å². The van der Waals surface area contributed by atoms with Gasteiger partial charge in [-0.2, -0.15) is 4.98 Å². The number of likely N-dealkylation sites (N-methyl/N-ethyl adjacent to an activating group) is 1. The van der Waals surface area contributed by atoms with Crippen molar-refractivity contribution in [3.63, 3.8) is 0 Å². The van der Waals surface area contributed by atoms with Crippen LogP contribution in [0.25, 0.3) is 0 Å². The lowest BCUT2D eigenvalue weighted by molar-refractivity contribution is 0.277. The first-order valence-corrected chi connectivity index (χ1v) is 7.56. The number of hydrogen-bond acceptors (Lipinski definition) is 5. The lowest BCUT2D eigenvalue weighted by Crippen LogP contribution is -2.32. The molecule has 0 aromatic carbocycles. The van der Waals surface area contributed by atoms with Crippen LogP contribution in [0.3, 0.4) is 0 Å². The molecule has 1 heterocycles. The van der Waals surface area contributed by atoms with Crippen LogP contribution in [0, 0.1) is 11.8 Å². The molecule has 0 saturated heterocycles. The first-order valence-electron chi connectivity index (χ1n) is 7.56. The highest BCUT2D eigenvalue weighted by Gasteiger charge is 2.56. The van der Waals surface area contributed by atoms with Gasteiger partial charge < -0.3 is 15.2 Å². The van der Waals surface area contributed by atoms with Gasteiger partial charge in [-0.15, -0.1) is 0 Å². The van der Waals surface area contributed by atoms with E-state index in [-0.39, 0.29) is 6.04 Å². The fourth-order valence-electron chi connectivity index (χ4n) is 3.56. The van der Waals surface area contributed by atoms with Crippen molar-refractivity contribution in [1.29, 1.82) is 0 Å². The van der Waals surface area contributed by atoms with Crippen molar-refractivity contribution in [2.24, 2.45) is 17.6 Å². The molecule has 2 aliphatic rings. The minimum Gasteiger partial charge on any atom is -0.339 e. The van der Waals surface area contributed by atoms with Crippen LogP contribution in [0.1, 0.15) is 56.8 Å². The maximum absolute atomic E-state index is 6.17. The number of nitrogens with two attached hydrogens (primary N) is 1. The second-order valence-electron chi connectivity index (χ2n) is 5.87. The van der Waals surface area contributed by atoms with E-state index in [4.69, 9.17) is 10.3 Å². The molecule has 2 N–H and O–H groups in total. The van der Waals surface area contributed by atoms with Gasteiger partial charge in [0.25, 0.3) is 0 Å². The Morgan fingerprint density at radius 2 is 2.00 bits per heavy atom. The van der Waals surface area contributed by atoms with Crippen molar-refractivity contribution in [3.05, 3.63) is 11.7 Å². The highest BCUT2D eigenvalue weighted by Crippen LogP contribution is 2.62. The lowest BCUT2D eigenvalue weighted by atomic mass is 10.1. The monoisotopic (exact) mass is 264 g/mol. The highest BCUT2D eigenvalue weighted by atomic mass is 16.5. The molecule has 0 bridgehead atoms. The molecule has 3 unspecified atom stereocenters. The Kier molecular flexibility index (Phi) is 3.58. The number of fused-ring (bicyclic) bond motifs is 1. The molecule has 3 atom stereocenters. The molecule has 19 heavy (non-hydrogen) atoms. The Morgan fingerprint density at radius 3 is 2.63 bits per heavy atom. The SMILES string of the molecule is CCN(CC)CC(N)c1noc(C2C3CCCC32)n1. The third-order valence-corrected chi connectivity index (χ3v) is 4.83. The first kappa shape index (κ1) is 13.1. The summed E-state index contributed by atoms with van der Waals surface area (Å²) in [5.41, 5.74) is 6.17. The Morgan fingerprint density at radius 1 is 1.32 bits per heavy atom. The van der Waals surface area contributed by atoms with Crippen LogP contribution in [-0.2, 0) is 0 Å². The summed E-state index contributed by atoms with van der Waals surface area (Å²) in [6.45, 7) is 7.08. The third kappa shape index (κ3) is 2.41. The smallest absolute Gasteiger partial charge is 0.230 e. The summed E-state index contributed by atoms with van der Waals surface area (Å²) in [4.78, 5) is 6.83. The van der Waals surface area contributed by atoms with Crippen molar-refractivity contribution >= 4 is 0 Å². The van der Waals surface area contributed by atoms with Gasteiger partial charge in [0.05, 0.1) is 6.04 Å². The van der Waals surface area contributed by atoms with Crippen LogP contribution in [0.5, 0.6) is 0 Å². The topological polar surface area (TPSA) is 68.2 Å². The highest BCUT2D eigenvalue weighted by molar-refractivity contribution is 5.16. The van der Waals surface area contributed by atoms with E-state index < -0.39 is 0 Å². The maximum atomic E-state index is 6.17. The lowest BCUT2D eigenvalue weighted by Gasteiger charge is -2.20. The fourth-order valence-corrected chi connectivity index (χ4v) is 3.56. The predicted molar refractivity (Wildman–Crippen MR) is 72.6 cm³/mol. The summed E-state index contributed by atoms with van der Waals surface area (Å²) in [7, 11) is 0. The van der Waals surface area contributed by atoms with Crippen molar-refractivity contribution in [3.8, 4) is 0 Å². The van der Waals surface area contributed by atoms with Gasteiger partial charge in [-0.05, 0) is 37.8 Å². The molecule has 3 rings (SSSR count). The molecular weight excluding hydrogens is 240 g/mol. The molecule has 0 aliphatic heterocycles. The maximum Gasteiger partial charge on any atom is 0.230 e. The average molecular weight is 264 g/mol. The van der Waals surface area contributed by atoms with Crippen LogP contribution in [0.15, 0.2) is 4.52 Å². The molecule has 2 fully saturated rings. The summed E-state index contributed by atoms with van der Waals surface area (Å²) in [6.07, 6.45) is 4.03. The summed E-state index contributed by atoms with van der Waals surface area (Å²) in [5, 5.41) is 4.09. The Bertz CT molecular complexity index is 419. The van der Waals surface area contributed by atoms with E-state index in [2.05, 4.69) is 28.9 Å². The van der Waals surface area contributed by atoms with E-state index >= 15 is 0 Å². The van der Waals surface area contributed by atoms with E-state index in [1.165, 1.54) is 19.3 Å². The van der Waals surface area contributed by atoms with Gasteiger partial charge in [0.15, 0.2) is 5.82 Å². The number of nitrogens with zero attached hydrogens (tertiary/aromatic N) is 3. The Hall–Kier alpha value is -0.940. The first-order chi connectivity index (χ1) is 9.24. The van der Waals surface area contributed by atoms with E-state index in [9.17, 15) is 0 Å². The van der Waals surface area contributed by atoms with Crippen molar-refractivity contribution in [2.75, 3.05) is 19.6 Å². The van der Waals surface area contributed by atoms with Crippen LogP contribution < -0.4 is 5.73 Å². The van der Waals surface area contributed by atoms with Gasteiger partial charge in [0.2, 0.25) is 5.89 Å². The molecule has 5 heteroatoms. The zero-order valence-electron chi connectivity index (χ0n) is 11.9. The minimum absolute atomic E-state index is 0.143. The van der Waals surface area contributed by atoms with E-state index in [0.29, 0.717) is 11.7 Å². The molecule has 2 aliphatic carbocycles. The van der Waals surface area contributed by atoms with Gasteiger partial charge in [-0.3, -0.25) is 0 Å². The van der Waals surface area contributed by atoms with Crippen LogP contribution in [-0.4, -0.2) is 34.7 Å². The number of hydrogen-bond donors (Lipinski definition) is 1. The van der Waals surface area contributed by atoms with Crippen molar-refractivity contribution in [2.45, 2.75) is 45.1 Å². The quantitative estimate of drug-likeness (QED) is 0.850. The van der Waals surface area contributed by atoms with Gasteiger partial charge in [0, 0.05) is 12.5 Å². The van der Waals surface area contributed by atoms with Gasteiger partial charge in [-0.25, -0.2) is 0 Å². The van der Waals surface area contributed by atoms with Crippen molar-refractivity contribution in [1.82, 2.24) is 15.0 Å². The molecule has 5 nitrogen and oxygen atoms in total. The van der Waals surface area contributed by atoms with Gasteiger partial charge in [-0.1, -0.05) is 25.4 Å². The second kappa shape index (κ2) is 5.21. The van der Waals surface area contributed by atoms with Crippen molar-refractivity contribution < 1.29 is 4.52 Å². The summed E-state index contributed by atoms with van der Waals surface area (Å²) < 4.78 is 5.44. The molecule has 1 aromatic rings. The largest absolute Gasteiger partial charge is 0.339 e. The summed E-state index contributed by atoms with van der Waals surface area (Å²) in [5.74, 6) is 3.67. The van der Waals surface area contributed by atoms with Crippen LogP contribution >= 0.6 is 0 Å². The molecule has 106 valence electrons. The Balaban J connectivity index is 1.61. The van der Waals surface area contributed by atoms with Crippen LogP contribution in [0.4, 0.5) is 0 Å². The van der Waals surface area contributed by atoms with Crippen LogP contribution in [0.2, 0.25) is 0 Å². The molecule has 0 amide bonds. The zero-order valence-corrected chi connectivity index (χ0v) is 11.9. The molecule has 1 aromatic heterocycles. The van der Waals surface area contributed by atoms with Gasteiger partial charge >= 0.3 is 0 Å². The standard InChI is InChI=1S/C14H24N4O/c1-3-18(4-2)8-11(15)13-16-14(19-17-13)12-9-6-5-7-10(9)12/h9-12H,3-8,15H2,1-2H3. The Labute approximate surface area is 114 Å². The van der Waals surface area contributed by atoms with E-state index in [1.54, 1.807) is 0 Å².